The second kappa shape index (κ2) is 5.63. The first kappa shape index (κ1) is 13.1. The van der Waals surface area contributed by atoms with Gasteiger partial charge in [0, 0.05) is 22.1 Å². The van der Waals surface area contributed by atoms with Crippen LogP contribution in [-0.4, -0.2) is 16.7 Å². The van der Waals surface area contributed by atoms with Crippen molar-refractivity contribution in [2.75, 3.05) is 5.75 Å². The van der Waals surface area contributed by atoms with Gasteiger partial charge in [0.1, 0.15) is 0 Å². The van der Waals surface area contributed by atoms with Gasteiger partial charge in [-0.05, 0) is 18.4 Å². The van der Waals surface area contributed by atoms with E-state index in [1.165, 1.54) is 6.20 Å². The minimum Gasteiger partial charge on any atom is -0.360 e. The summed E-state index contributed by atoms with van der Waals surface area (Å²) in [7, 11) is 0. The molecule has 5 heteroatoms. The third kappa shape index (κ3) is 2.54. The number of benzene rings is 1. The Morgan fingerprint density at radius 2 is 2.10 bits per heavy atom. The van der Waals surface area contributed by atoms with Gasteiger partial charge in [0.25, 0.3) is 0 Å². The van der Waals surface area contributed by atoms with Crippen molar-refractivity contribution in [2.45, 2.75) is 25.2 Å². The Hall–Kier alpha value is -1.88. The molecule has 0 radical (unpaired) electrons. The molecule has 0 atom stereocenters. The molecule has 1 aromatic carbocycles. The molecule has 0 bridgehead atoms. The molecule has 0 N–H and O–H groups in total. The Bertz CT molecular complexity index is 646. The van der Waals surface area contributed by atoms with E-state index in [9.17, 15) is 9.00 Å². The van der Waals surface area contributed by atoms with Crippen molar-refractivity contribution in [3.05, 3.63) is 52.9 Å². The Labute approximate surface area is 120 Å². The van der Waals surface area contributed by atoms with Gasteiger partial charge < -0.3 is 4.52 Å². The SMILES string of the molecule is O=[S+]CCc1ccccc1C(=O)c1cnoc1C1CC1. The number of aromatic nitrogens is 1. The average molecular weight is 288 g/mol. The van der Waals surface area contributed by atoms with Crippen LogP contribution in [0, 0.1) is 0 Å². The first-order chi connectivity index (χ1) is 9.81. The van der Waals surface area contributed by atoms with E-state index in [2.05, 4.69) is 5.16 Å². The fourth-order valence-corrected chi connectivity index (χ4v) is 2.62. The molecule has 1 aliphatic carbocycles. The molecule has 1 fully saturated rings. The van der Waals surface area contributed by atoms with Gasteiger partial charge in [-0.25, -0.2) is 0 Å². The van der Waals surface area contributed by atoms with Crippen LogP contribution in [0.3, 0.4) is 0 Å². The maximum atomic E-state index is 12.7. The van der Waals surface area contributed by atoms with Gasteiger partial charge in [-0.2, -0.15) is 0 Å². The lowest BCUT2D eigenvalue weighted by Gasteiger charge is -2.05. The van der Waals surface area contributed by atoms with Gasteiger partial charge in [-0.15, -0.1) is 0 Å². The highest BCUT2D eigenvalue weighted by molar-refractivity contribution is 7.65. The van der Waals surface area contributed by atoms with E-state index in [4.69, 9.17) is 4.52 Å². The molecule has 0 unspecified atom stereocenters. The summed E-state index contributed by atoms with van der Waals surface area (Å²) in [6, 6.07) is 7.42. The number of rotatable bonds is 6. The van der Waals surface area contributed by atoms with Gasteiger partial charge in [0.05, 0.1) is 11.8 Å². The number of hydrogen-bond donors (Lipinski definition) is 0. The van der Waals surface area contributed by atoms with Crippen LogP contribution in [0.15, 0.2) is 35.0 Å². The highest BCUT2D eigenvalue weighted by Gasteiger charge is 2.33. The van der Waals surface area contributed by atoms with E-state index in [1.54, 1.807) is 6.07 Å². The molecule has 1 aromatic heterocycles. The lowest BCUT2D eigenvalue weighted by atomic mass is 9.97. The first-order valence-electron chi connectivity index (χ1n) is 6.63. The number of carbonyl (C=O) groups excluding carboxylic acids is 1. The second-order valence-electron chi connectivity index (χ2n) is 4.94. The maximum absolute atomic E-state index is 12.7. The van der Waals surface area contributed by atoms with Crippen LogP contribution >= 0.6 is 0 Å². The molecule has 2 aromatic rings. The van der Waals surface area contributed by atoms with Crippen LogP contribution in [0.4, 0.5) is 0 Å². The minimum absolute atomic E-state index is 0.0559. The molecule has 0 amide bonds. The number of aryl methyl sites for hydroxylation is 1. The predicted molar refractivity (Wildman–Crippen MR) is 75.0 cm³/mol. The quantitative estimate of drug-likeness (QED) is 0.606. The molecule has 0 spiro atoms. The monoisotopic (exact) mass is 288 g/mol. The molecule has 1 heterocycles. The average Bonchev–Trinajstić information content (AvgIpc) is 3.22. The summed E-state index contributed by atoms with van der Waals surface area (Å²) in [4.78, 5) is 12.7. The van der Waals surface area contributed by atoms with Crippen LogP contribution in [0.1, 0.15) is 46.0 Å². The Morgan fingerprint density at radius 1 is 1.30 bits per heavy atom. The summed E-state index contributed by atoms with van der Waals surface area (Å²) in [6.45, 7) is 0. The zero-order valence-electron chi connectivity index (χ0n) is 10.9. The van der Waals surface area contributed by atoms with E-state index in [1.807, 2.05) is 18.2 Å². The number of carbonyl (C=O) groups is 1. The summed E-state index contributed by atoms with van der Waals surface area (Å²) in [5, 5.41) is 3.77. The summed E-state index contributed by atoms with van der Waals surface area (Å²) >= 11 is 0.540. The van der Waals surface area contributed by atoms with Crippen molar-refractivity contribution in [1.82, 2.24) is 5.16 Å². The molecule has 1 aliphatic rings. The van der Waals surface area contributed by atoms with Gasteiger partial charge in [0.15, 0.2) is 11.5 Å². The molecule has 4 nitrogen and oxygen atoms in total. The van der Waals surface area contributed by atoms with Crippen LogP contribution in [0.25, 0.3) is 0 Å². The summed E-state index contributed by atoms with van der Waals surface area (Å²) in [6.07, 6.45) is 4.23. The van der Waals surface area contributed by atoms with Crippen molar-refractivity contribution >= 4 is 17.4 Å². The van der Waals surface area contributed by atoms with E-state index in [0.29, 0.717) is 46.6 Å². The third-order valence-electron chi connectivity index (χ3n) is 3.51. The van der Waals surface area contributed by atoms with E-state index in [-0.39, 0.29) is 5.78 Å². The number of hydrogen-bond acceptors (Lipinski definition) is 4. The lowest BCUT2D eigenvalue weighted by molar-refractivity contribution is 0.103. The molecule has 102 valence electrons. The second-order valence-corrected chi connectivity index (χ2v) is 5.58. The van der Waals surface area contributed by atoms with Gasteiger partial charge in [-0.3, -0.25) is 4.79 Å². The molecule has 3 rings (SSSR count). The number of nitrogens with zero attached hydrogens (tertiary/aromatic N) is 1. The van der Waals surface area contributed by atoms with E-state index < -0.39 is 0 Å². The maximum Gasteiger partial charge on any atom is 0.459 e. The zero-order chi connectivity index (χ0) is 13.9. The lowest BCUT2D eigenvalue weighted by Crippen LogP contribution is -2.07. The topological polar surface area (TPSA) is 60.2 Å². The smallest absolute Gasteiger partial charge is 0.360 e. The van der Waals surface area contributed by atoms with Gasteiger partial charge >= 0.3 is 11.7 Å². The van der Waals surface area contributed by atoms with Gasteiger partial charge in [0.2, 0.25) is 5.75 Å². The van der Waals surface area contributed by atoms with E-state index >= 15 is 0 Å². The van der Waals surface area contributed by atoms with Crippen molar-refractivity contribution in [1.29, 1.82) is 0 Å². The normalized spacial score (nSPS) is 14.2. The Balaban J connectivity index is 1.93. The first-order valence-corrected chi connectivity index (χ1v) is 7.54. The standard InChI is InChI=1S/C15H14NO3S/c17-14(13-9-16-19-15(13)11-5-6-11)12-4-2-1-3-10(12)7-8-20-18/h1-4,9,11H,5-8H2/q+1. The van der Waals surface area contributed by atoms with Crippen molar-refractivity contribution in [3.8, 4) is 0 Å². The summed E-state index contributed by atoms with van der Waals surface area (Å²) < 4.78 is 15.8. The van der Waals surface area contributed by atoms with Crippen molar-refractivity contribution in [2.24, 2.45) is 0 Å². The van der Waals surface area contributed by atoms with Crippen LogP contribution < -0.4 is 0 Å². The highest BCUT2D eigenvalue weighted by Crippen LogP contribution is 2.42. The fraction of sp³-hybridized carbons (Fsp3) is 0.333. The molecule has 0 aliphatic heterocycles. The van der Waals surface area contributed by atoms with Gasteiger partial charge in [-0.1, -0.05) is 29.4 Å². The Morgan fingerprint density at radius 3 is 2.85 bits per heavy atom. The Kier molecular flexibility index (Phi) is 3.69. The fourth-order valence-electron chi connectivity index (χ4n) is 2.32. The van der Waals surface area contributed by atoms with Crippen molar-refractivity contribution < 1.29 is 13.5 Å². The van der Waals surface area contributed by atoms with Crippen LogP contribution in [0.5, 0.6) is 0 Å². The zero-order valence-corrected chi connectivity index (χ0v) is 11.7. The molecule has 0 saturated heterocycles. The predicted octanol–water partition coefficient (Wildman–Crippen LogP) is 2.75. The molecule has 20 heavy (non-hydrogen) atoms. The molecular weight excluding hydrogens is 274 g/mol. The largest absolute Gasteiger partial charge is 0.459 e. The van der Waals surface area contributed by atoms with Crippen LogP contribution in [-0.2, 0) is 22.3 Å². The summed E-state index contributed by atoms with van der Waals surface area (Å²) in [5.74, 6) is 1.46. The minimum atomic E-state index is -0.0559. The number of ketones is 1. The molecular formula is C15H14NO3S+. The van der Waals surface area contributed by atoms with Crippen molar-refractivity contribution in [3.63, 3.8) is 0 Å². The highest BCUT2D eigenvalue weighted by atomic mass is 32.1. The van der Waals surface area contributed by atoms with Crippen LogP contribution in [0.2, 0.25) is 0 Å². The molecule has 1 saturated carbocycles. The third-order valence-corrected chi connectivity index (χ3v) is 3.88. The summed E-state index contributed by atoms with van der Waals surface area (Å²) in [5.41, 5.74) is 2.12. The van der Waals surface area contributed by atoms with E-state index in [0.717, 1.165) is 18.4 Å².